The normalized spacial score (nSPS) is 21.8. The Balaban J connectivity index is 2.73. The predicted molar refractivity (Wildman–Crippen MR) is 63.2 cm³/mol. The molecular formula is C11H19N3O3. The number of likely N-dealkylation sites (N-methyl/N-ethyl adjacent to an activating group) is 1. The number of hydrogen-bond donors (Lipinski definition) is 2. The lowest BCUT2D eigenvalue weighted by molar-refractivity contribution is -0.149. The maximum atomic E-state index is 12.0. The second-order valence-corrected chi connectivity index (χ2v) is 3.87. The Bertz CT molecular complexity index is 306. The number of amides is 2. The molecule has 2 unspecified atom stereocenters. The van der Waals surface area contributed by atoms with Gasteiger partial charge in [0.2, 0.25) is 11.8 Å². The Morgan fingerprint density at radius 1 is 1.71 bits per heavy atom. The van der Waals surface area contributed by atoms with E-state index in [1.165, 1.54) is 11.9 Å². The minimum Gasteiger partial charge on any atom is -0.377 e. The van der Waals surface area contributed by atoms with Crippen LogP contribution >= 0.6 is 0 Å². The molecule has 0 aromatic carbocycles. The van der Waals surface area contributed by atoms with E-state index >= 15 is 0 Å². The van der Waals surface area contributed by atoms with Crippen molar-refractivity contribution in [2.45, 2.75) is 18.5 Å². The quantitative estimate of drug-likeness (QED) is 0.610. The summed E-state index contributed by atoms with van der Waals surface area (Å²) in [5.74, 6) is -0.467. The predicted octanol–water partition coefficient (Wildman–Crippen LogP) is -1.14. The summed E-state index contributed by atoms with van der Waals surface area (Å²) in [6, 6.07) is -1.23. The molecule has 0 aromatic rings. The van der Waals surface area contributed by atoms with E-state index in [0.29, 0.717) is 19.6 Å². The molecule has 17 heavy (non-hydrogen) atoms. The number of rotatable bonds is 4. The average Bonchev–Trinajstić information content (AvgIpc) is 2.37. The number of ether oxygens (including phenoxy) is 1. The molecule has 0 spiro atoms. The van der Waals surface area contributed by atoms with Crippen molar-refractivity contribution in [3.05, 3.63) is 12.7 Å². The van der Waals surface area contributed by atoms with E-state index in [2.05, 4.69) is 11.9 Å². The van der Waals surface area contributed by atoms with E-state index in [4.69, 9.17) is 10.5 Å². The summed E-state index contributed by atoms with van der Waals surface area (Å²) < 4.78 is 5.21. The highest BCUT2D eigenvalue weighted by atomic mass is 16.5. The van der Waals surface area contributed by atoms with E-state index in [0.717, 1.165) is 0 Å². The molecule has 2 atom stereocenters. The fourth-order valence-electron chi connectivity index (χ4n) is 1.74. The molecule has 0 radical (unpaired) electrons. The number of nitrogens with two attached hydrogens (primary N) is 1. The molecule has 1 saturated heterocycles. The van der Waals surface area contributed by atoms with Crippen LogP contribution in [-0.2, 0) is 14.3 Å². The zero-order valence-corrected chi connectivity index (χ0v) is 10.0. The van der Waals surface area contributed by atoms with Crippen LogP contribution in [0.25, 0.3) is 0 Å². The van der Waals surface area contributed by atoms with Crippen LogP contribution in [0.4, 0.5) is 0 Å². The summed E-state index contributed by atoms with van der Waals surface area (Å²) in [6.45, 7) is 4.58. The van der Waals surface area contributed by atoms with Gasteiger partial charge >= 0.3 is 0 Å². The minimum absolute atomic E-state index is 0.215. The molecule has 0 bridgehead atoms. The third-order valence-electron chi connectivity index (χ3n) is 2.70. The number of nitrogens with one attached hydrogen (secondary N) is 1. The van der Waals surface area contributed by atoms with Crippen molar-refractivity contribution in [3.8, 4) is 0 Å². The van der Waals surface area contributed by atoms with Crippen molar-refractivity contribution in [2.75, 3.05) is 26.8 Å². The Labute approximate surface area is 101 Å². The van der Waals surface area contributed by atoms with Crippen molar-refractivity contribution in [2.24, 2.45) is 5.73 Å². The highest BCUT2D eigenvalue weighted by Crippen LogP contribution is 2.10. The summed E-state index contributed by atoms with van der Waals surface area (Å²) in [4.78, 5) is 25.1. The van der Waals surface area contributed by atoms with Crippen molar-refractivity contribution in [1.29, 1.82) is 0 Å². The third-order valence-corrected chi connectivity index (χ3v) is 2.70. The summed E-state index contributed by atoms with van der Waals surface area (Å²) in [5, 5.41) is 2.52. The third kappa shape index (κ3) is 3.28. The highest BCUT2D eigenvalue weighted by Gasteiger charge is 2.34. The fourth-order valence-corrected chi connectivity index (χ4v) is 1.74. The molecule has 6 heteroatoms. The number of carbonyl (C=O) groups is 2. The maximum Gasteiger partial charge on any atom is 0.244 e. The fraction of sp³-hybridized carbons (Fsp3) is 0.636. The van der Waals surface area contributed by atoms with E-state index in [1.807, 2.05) is 0 Å². The van der Waals surface area contributed by atoms with Crippen molar-refractivity contribution >= 4 is 11.8 Å². The van der Waals surface area contributed by atoms with Gasteiger partial charge in [-0.3, -0.25) is 9.59 Å². The lowest BCUT2D eigenvalue weighted by atomic mass is 10.1. The number of morpholine rings is 1. The van der Waals surface area contributed by atoms with Gasteiger partial charge in [-0.05, 0) is 6.42 Å². The first-order chi connectivity index (χ1) is 8.11. The Hall–Kier alpha value is -1.40. The summed E-state index contributed by atoms with van der Waals surface area (Å²) in [7, 11) is 1.53. The SMILES string of the molecule is C=CCC(N)C(=O)N1CCOCC1C(=O)NC. The van der Waals surface area contributed by atoms with Gasteiger partial charge in [-0.1, -0.05) is 6.08 Å². The van der Waals surface area contributed by atoms with Crippen molar-refractivity contribution in [3.63, 3.8) is 0 Å². The first-order valence-electron chi connectivity index (χ1n) is 5.58. The maximum absolute atomic E-state index is 12.0. The molecule has 3 N–H and O–H groups in total. The first-order valence-corrected chi connectivity index (χ1v) is 5.58. The Morgan fingerprint density at radius 2 is 2.41 bits per heavy atom. The smallest absolute Gasteiger partial charge is 0.244 e. The van der Waals surface area contributed by atoms with Crippen LogP contribution in [0.5, 0.6) is 0 Å². The van der Waals surface area contributed by atoms with E-state index < -0.39 is 12.1 Å². The van der Waals surface area contributed by atoms with Crippen LogP contribution in [0, 0.1) is 0 Å². The standard InChI is InChI=1S/C11H19N3O3/c1-3-4-8(12)11(16)14-5-6-17-7-9(14)10(15)13-2/h3,8-9H,1,4-7,12H2,2H3,(H,13,15). The van der Waals surface area contributed by atoms with E-state index in [1.54, 1.807) is 6.08 Å². The largest absolute Gasteiger partial charge is 0.377 e. The molecule has 1 fully saturated rings. The van der Waals surface area contributed by atoms with Crippen LogP contribution in [0.3, 0.4) is 0 Å². The van der Waals surface area contributed by atoms with Gasteiger partial charge in [0.1, 0.15) is 6.04 Å². The number of carbonyl (C=O) groups excluding carboxylic acids is 2. The second kappa shape index (κ2) is 6.36. The Kier molecular flexibility index (Phi) is 5.11. The molecule has 1 rings (SSSR count). The van der Waals surface area contributed by atoms with Gasteiger partial charge in [-0.25, -0.2) is 0 Å². The van der Waals surface area contributed by atoms with Crippen LogP contribution < -0.4 is 11.1 Å². The highest BCUT2D eigenvalue weighted by molar-refractivity contribution is 5.90. The van der Waals surface area contributed by atoms with Crippen LogP contribution in [0.1, 0.15) is 6.42 Å². The summed E-state index contributed by atoms with van der Waals surface area (Å²) in [5.41, 5.74) is 5.73. The van der Waals surface area contributed by atoms with Gasteiger partial charge < -0.3 is 20.7 Å². The summed E-state index contributed by atoms with van der Waals surface area (Å²) >= 11 is 0. The minimum atomic E-state index is -0.641. The van der Waals surface area contributed by atoms with E-state index in [9.17, 15) is 9.59 Å². The molecule has 1 aliphatic heterocycles. The average molecular weight is 241 g/mol. The molecule has 6 nitrogen and oxygen atoms in total. The lowest BCUT2D eigenvalue weighted by Crippen LogP contribution is -2.58. The zero-order chi connectivity index (χ0) is 12.8. The molecular weight excluding hydrogens is 222 g/mol. The number of hydrogen-bond acceptors (Lipinski definition) is 4. The lowest BCUT2D eigenvalue weighted by Gasteiger charge is -2.35. The Morgan fingerprint density at radius 3 is 3.00 bits per heavy atom. The summed E-state index contributed by atoms with van der Waals surface area (Å²) in [6.07, 6.45) is 1.99. The van der Waals surface area contributed by atoms with Gasteiger partial charge in [0.25, 0.3) is 0 Å². The van der Waals surface area contributed by atoms with Crippen LogP contribution in [0.15, 0.2) is 12.7 Å². The topological polar surface area (TPSA) is 84.7 Å². The monoisotopic (exact) mass is 241 g/mol. The van der Waals surface area contributed by atoms with Gasteiger partial charge in [0, 0.05) is 13.6 Å². The number of nitrogens with zero attached hydrogens (tertiary/aromatic N) is 1. The first kappa shape index (κ1) is 13.7. The van der Waals surface area contributed by atoms with E-state index in [-0.39, 0.29) is 18.4 Å². The van der Waals surface area contributed by atoms with Crippen molar-refractivity contribution < 1.29 is 14.3 Å². The van der Waals surface area contributed by atoms with Crippen LogP contribution in [-0.4, -0.2) is 55.6 Å². The van der Waals surface area contributed by atoms with Crippen LogP contribution in [0.2, 0.25) is 0 Å². The second-order valence-electron chi connectivity index (χ2n) is 3.87. The molecule has 1 heterocycles. The van der Waals surface area contributed by atoms with Crippen molar-refractivity contribution in [1.82, 2.24) is 10.2 Å². The molecule has 0 saturated carbocycles. The molecule has 1 aliphatic rings. The van der Waals surface area contributed by atoms with Gasteiger partial charge in [0.15, 0.2) is 0 Å². The molecule has 2 amide bonds. The van der Waals surface area contributed by atoms with Gasteiger partial charge in [-0.15, -0.1) is 6.58 Å². The van der Waals surface area contributed by atoms with Gasteiger partial charge in [-0.2, -0.15) is 0 Å². The molecule has 0 aromatic heterocycles. The zero-order valence-electron chi connectivity index (χ0n) is 10.0. The molecule has 0 aliphatic carbocycles. The molecule has 96 valence electrons. The van der Waals surface area contributed by atoms with Gasteiger partial charge in [0.05, 0.1) is 19.3 Å².